The zero-order chi connectivity index (χ0) is 21.1. The van der Waals surface area contributed by atoms with Gasteiger partial charge in [-0.25, -0.2) is 4.98 Å². The summed E-state index contributed by atoms with van der Waals surface area (Å²) in [6, 6.07) is 22.7. The number of pyridine rings is 2. The smallest absolute Gasteiger partial charge is 0.265 e. The maximum absolute atomic E-state index is 13.3. The Kier molecular flexibility index (Phi) is 5.44. The number of benzene rings is 2. The van der Waals surface area contributed by atoms with E-state index in [1.54, 1.807) is 22.9 Å². The molecule has 30 heavy (non-hydrogen) atoms. The number of aryl methyl sites for hydroxylation is 1. The Balaban J connectivity index is 1.73. The van der Waals surface area contributed by atoms with Crippen molar-refractivity contribution in [1.29, 1.82) is 0 Å². The number of carbonyl (C=O) groups excluding carboxylic acids is 1. The highest BCUT2D eigenvalue weighted by Crippen LogP contribution is 2.15. The number of hydrogen-bond donors (Lipinski definition) is 1. The molecule has 5 nitrogen and oxygen atoms in total. The number of carbonyl (C=O) groups is 1. The molecule has 2 aromatic heterocycles. The molecule has 1 atom stereocenters. The molecular formula is C25H23N3O2. The molecule has 5 heteroatoms. The molecule has 0 saturated heterocycles. The summed E-state index contributed by atoms with van der Waals surface area (Å²) in [5, 5.41) is 3.70. The van der Waals surface area contributed by atoms with Crippen LogP contribution in [0.4, 0.5) is 0 Å². The minimum absolute atomic E-state index is 0.116. The van der Waals surface area contributed by atoms with E-state index < -0.39 is 0 Å². The molecule has 0 bridgehead atoms. The zero-order valence-corrected chi connectivity index (χ0v) is 17.0. The average molecular weight is 397 g/mol. The Morgan fingerprint density at radius 1 is 1.03 bits per heavy atom. The largest absolute Gasteiger partial charge is 0.345 e. The highest BCUT2D eigenvalue weighted by Gasteiger charge is 2.18. The van der Waals surface area contributed by atoms with Crippen LogP contribution in [0.3, 0.4) is 0 Å². The topological polar surface area (TPSA) is 64.0 Å². The van der Waals surface area contributed by atoms with Gasteiger partial charge in [0.2, 0.25) is 0 Å². The normalized spacial score (nSPS) is 11.9. The van der Waals surface area contributed by atoms with Gasteiger partial charge in [-0.15, -0.1) is 0 Å². The predicted octanol–water partition coefficient (Wildman–Crippen LogP) is 4.24. The lowest BCUT2D eigenvalue weighted by Crippen LogP contribution is -2.35. The maximum atomic E-state index is 13.3. The lowest BCUT2D eigenvalue weighted by Gasteiger charge is -2.16. The van der Waals surface area contributed by atoms with Crippen molar-refractivity contribution < 1.29 is 4.79 Å². The standard InChI is InChI=1S/C25H23N3O2/c1-17-10-12-19(13-11-17)16-28-23-21(9-6-14-26-23)15-22(25(28)30)24(29)27-18(2)20-7-4-3-5-8-20/h3-15,18H,16H2,1-2H3,(H,27,29)/t18-/m1/s1. The fourth-order valence-corrected chi connectivity index (χ4v) is 3.49. The number of nitrogens with one attached hydrogen (secondary N) is 1. The van der Waals surface area contributed by atoms with Crippen LogP contribution in [0.15, 0.2) is 83.8 Å². The van der Waals surface area contributed by atoms with Crippen molar-refractivity contribution in [3.63, 3.8) is 0 Å². The molecule has 0 saturated carbocycles. The first kappa shape index (κ1) is 19.6. The van der Waals surface area contributed by atoms with Crippen LogP contribution in [-0.2, 0) is 6.54 Å². The predicted molar refractivity (Wildman–Crippen MR) is 119 cm³/mol. The van der Waals surface area contributed by atoms with Gasteiger partial charge in [-0.2, -0.15) is 0 Å². The Bertz CT molecular complexity index is 1250. The molecule has 0 spiro atoms. The van der Waals surface area contributed by atoms with Gasteiger partial charge in [0.15, 0.2) is 0 Å². The van der Waals surface area contributed by atoms with Crippen LogP contribution in [0.5, 0.6) is 0 Å². The van der Waals surface area contributed by atoms with Gasteiger partial charge >= 0.3 is 0 Å². The number of hydrogen-bond acceptors (Lipinski definition) is 3. The Morgan fingerprint density at radius 3 is 2.50 bits per heavy atom. The summed E-state index contributed by atoms with van der Waals surface area (Å²) in [7, 11) is 0. The maximum Gasteiger partial charge on any atom is 0.265 e. The molecule has 0 aliphatic heterocycles. The van der Waals surface area contributed by atoms with Crippen LogP contribution in [-0.4, -0.2) is 15.5 Å². The molecule has 0 aliphatic rings. The molecule has 2 aromatic carbocycles. The SMILES string of the molecule is Cc1ccc(Cn2c(=O)c(C(=O)N[C@H](C)c3ccccc3)cc3cccnc32)cc1. The molecule has 1 amide bonds. The Morgan fingerprint density at radius 2 is 1.77 bits per heavy atom. The van der Waals surface area contributed by atoms with Gasteiger partial charge in [0, 0.05) is 11.6 Å². The molecule has 0 radical (unpaired) electrons. The lowest BCUT2D eigenvalue weighted by molar-refractivity contribution is 0.0938. The van der Waals surface area contributed by atoms with Crippen LogP contribution in [0.1, 0.15) is 40.0 Å². The minimum Gasteiger partial charge on any atom is -0.345 e. The van der Waals surface area contributed by atoms with E-state index in [1.165, 1.54) is 0 Å². The molecule has 1 N–H and O–H groups in total. The van der Waals surface area contributed by atoms with E-state index in [0.717, 1.165) is 22.1 Å². The Hall–Kier alpha value is -3.73. The highest BCUT2D eigenvalue weighted by atomic mass is 16.2. The molecule has 2 heterocycles. The van der Waals surface area contributed by atoms with Gasteiger partial charge in [0.05, 0.1) is 12.6 Å². The lowest BCUT2D eigenvalue weighted by atomic mass is 10.1. The van der Waals surface area contributed by atoms with Crippen LogP contribution in [0.2, 0.25) is 0 Å². The zero-order valence-electron chi connectivity index (χ0n) is 17.0. The Labute approximate surface area is 175 Å². The summed E-state index contributed by atoms with van der Waals surface area (Å²) in [6.07, 6.45) is 1.66. The van der Waals surface area contributed by atoms with Gasteiger partial charge in [-0.3, -0.25) is 14.2 Å². The third-order valence-electron chi connectivity index (χ3n) is 5.20. The number of nitrogens with zero attached hydrogens (tertiary/aromatic N) is 2. The molecule has 0 unspecified atom stereocenters. The number of aromatic nitrogens is 2. The molecule has 150 valence electrons. The molecule has 4 aromatic rings. The van der Waals surface area contributed by atoms with Crippen LogP contribution >= 0.6 is 0 Å². The summed E-state index contributed by atoms with van der Waals surface area (Å²) in [4.78, 5) is 30.7. The van der Waals surface area contributed by atoms with Gasteiger partial charge in [0.25, 0.3) is 11.5 Å². The second kappa shape index (κ2) is 8.33. The molecular weight excluding hydrogens is 374 g/mol. The third-order valence-corrected chi connectivity index (χ3v) is 5.20. The number of fused-ring (bicyclic) bond motifs is 1. The van der Waals surface area contributed by atoms with E-state index in [2.05, 4.69) is 10.3 Å². The monoisotopic (exact) mass is 397 g/mol. The summed E-state index contributed by atoms with van der Waals surface area (Å²) < 4.78 is 1.57. The summed E-state index contributed by atoms with van der Waals surface area (Å²) in [5.74, 6) is -0.389. The number of rotatable bonds is 5. The van der Waals surface area contributed by atoms with Crippen molar-refractivity contribution in [3.8, 4) is 0 Å². The first-order valence-corrected chi connectivity index (χ1v) is 9.93. The van der Waals surface area contributed by atoms with Crippen LogP contribution in [0.25, 0.3) is 11.0 Å². The highest BCUT2D eigenvalue weighted by molar-refractivity contribution is 5.97. The first-order valence-electron chi connectivity index (χ1n) is 9.93. The van der Waals surface area contributed by atoms with E-state index in [0.29, 0.717) is 12.2 Å². The van der Waals surface area contributed by atoms with E-state index >= 15 is 0 Å². The summed E-state index contributed by atoms with van der Waals surface area (Å²) >= 11 is 0. The molecule has 4 rings (SSSR count). The van der Waals surface area contributed by atoms with E-state index in [1.807, 2.05) is 74.5 Å². The fourth-order valence-electron chi connectivity index (χ4n) is 3.49. The molecule has 0 fully saturated rings. The van der Waals surface area contributed by atoms with E-state index in [4.69, 9.17) is 0 Å². The van der Waals surface area contributed by atoms with Crippen LogP contribution in [0, 0.1) is 6.92 Å². The van der Waals surface area contributed by atoms with Crippen molar-refractivity contribution in [2.45, 2.75) is 26.4 Å². The van der Waals surface area contributed by atoms with Crippen molar-refractivity contribution in [3.05, 3.63) is 112 Å². The van der Waals surface area contributed by atoms with Gasteiger partial charge in [-0.05, 0) is 43.2 Å². The van der Waals surface area contributed by atoms with Crippen molar-refractivity contribution in [2.24, 2.45) is 0 Å². The van der Waals surface area contributed by atoms with Crippen molar-refractivity contribution in [1.82, 2.24) is 14.9 Å². The second-order valence-electron chi connectivity index (χ2n) is 7.46. The van der Waals surface area contributed by atoms with Crippen molar-refractivity contribution in [2.75, 3.05) is 0 Å². The molecule has 0 aliphatic carbocycles. The van der Waals surface area contributed by atoms with Gasteiger partial charge in [-0.1, -0.05) is 60.2 Å². The summed E-state index contributed by atoms with van der Waals surface area (Å²) in [6.45, 7) is 4.27. The minimum atomic E-state index is -0.389. The summed E-state index contributed by atoms with van der Waals surface area (Å²) in [5.41, 5.74) is 3.44. The second-order valence-corrected chi connectivity index (χ2v) is 7.46. The average Bonchev–Trinajstić information content (AvgIpc) is 2.77. The quantitative estimate of drug-likeness (QED) is 0.548. The van der Waals surface area contributed by atoms with Crippen molar-refractivity contribution >= 4 is 16.9 Å². The fraction of sp³-hybridized carbons (Fsp3) is 0.160. The number of amides is 1. The van der Waals surface area contributed by atoms with Gasteiger partial charge < -0.3 is 5.32 Å². The first-order chi connectivity index (χ1) is 14.5. The van der Waals surface area contributed by atoms with E-state index in [-0.39, 0.29) is 23.1 Å². The van der Waals surface area contributed by atoms with Crippen LogP contribution < -0.4 is 10.9 Å². The third kappa shape index (κ3) is 4.01. The van der Waals surface area contributed by atoms with E-state index in [9.17, 15) is 9.59 Å². The van der Waals surface area contributed by atoms with Gasteiger partial charge in [0.1, 0.15) is 11.2 Å².